The van der Waals surface area contributed by atoms with E-state index in [-0.39, 0.29) is 0 Å². The van der Waals surface area contributed by atoms with Gasteiger partial charge in [0.25, 0.3) is 0 Å². The van der Waals surface area contributed by atoms with Gasteiger partial charge in [-0.15, -0.1) is 0 Å². The molecule has 0 atom stereocenters. The minimum atomic E-state index is 0.835. The summed E-state index contributed by atoms with van der Waals surface area (Å²) in [5.41, 5.74) is 0. The maximum absolute atomic E-state index is 5.47. The van der Waals surface area contributed by atoms with Crippen molar-refractivity contribution in [2.24, 2.45) is 4.99 Å². The van der Waals surface area contributed by atoms with Crippen LogP contribution in [0.4, 0.5) is 0 Å². The Kier molecular flexibility index (Phi) is 16.0. The Morgan fingerprint density at radius 3 is 1.76 bits per heavy atom. The van der Waals surface area contributed by atoms with Gasteiger partial charge in [-0.3, -0.25) is 4.99 Å². The van der Waals surface area contributed by atoms with Crippen LogP contribution < -0.4 is 0 Å². The molecule has 25 heavy (non-hydrogen) atoms. The highest BCUT2D eigenvalue weighted by Crippen LogP contribution is 2.13. The van der Waals surface area contributed by atoms with Crippen molar-refractivity contribution in [1.29, 1.82) is 0 Å². The van der Waals surface area contributed by atoms with Crippen molar-refractivity contribution >= 4 is 5.90 Å². The quantitative estimate of drug-likeness (QED) is 0.247. The molecule has 0 fully saturated rings. The number of ether oxygens (including phenoxy) is 1. The Balaban J connectivity index is 1.72. The van der Waals surface area contributed by atoms with Gasteiger partial charge in [0.1, 0.15) is 0 Å². The SMILES string of the molecule is CCCCCCCCCCCCCCCCCC=CC1=NCCCO1. The van der Waals surface area contributed by atoms with E-state index >= 15 is 0 Å². The zero-order valence-electron chi connectivity index (χ0n) is 16.9. The van der Waals surface area contributed by atoms with Crippen LogP contribution in [0.1, 0.15) is 116 Å². The standard InChI is InChI=1S/C23H43NO/c1-2-3-4-5-6-7-8-9-10-11-12-13-14-15-16-17-18-20-23-24-21-19-22-25-23/h18,20H,2-17,19,21-22H2,1H3. The van der Waals surface area contributed by atoms with Gasteiger partial charge in [-0.25, -0.2) is 0 Å². The molecule has 0 aromatic heterocycles. The van der Waals surface area contributed by atoms with Gasteiger partial charge < -0.3 is 4.74 Å². The van der Waals surface area contributed by atoms with E-state index in [4.69, 9.17) is 4.74 Å². The van der Waals surface area contributed by atoms with Gasteiger partial charge in [0.2, 0.25) is 5.90 Å². The van der Waals surface area contributed by atoms with E-state index in [9.17, 15) is 0 Å². The average molecular weight is 350 g/mol. The number of unbranched alkanes of at least 4 members (excludes halogenated alkanes) is 15. The molecular formula is C23H43NO. The molecule has 0 aliphatic carbocycles. The number of rotatable bonds is 17. The van der Waals surface area contributed by atoms with Crippen LogP contribution in [0.2, 0.25) is 0 Å². The Morgan fingerprint density at radius 2 is 1.28 bits per heavy atom. The molecule has 2 heteroatoms. The fraction of sp³-hybridized carbons (Fsp3) is 0.870. The summed E-state index contributed by atoms with van der Waals surface area (Å²) in [6.45, 7) is 4.06. The van der Waals surface area contributed by atoms with E-state index in [1.807, 2.05) is 0 Å². The molecule has 146 valence electrons. The summed E-state index contributed by atoms with van der Waals surface area (Å²) in [5, 5.41) is 0. The summed E-state index contributed by atoms with van der Waals surface area (Å²) in [6, 6.07) is 0. The summed E-state index contributed by atoms with van der Waals surface area (Å²) < 4.78 is 5.47. The molecule has 0 amide bonds. The van der Waals surface area contributed by atoms with Crippen molar-refractivity contribution in [3.63, 3.8) is 0 Å². The van der Waals surface area contributed by atoms with Crippen molar-refractivity contribution in [2.45, 2.75) is 116 Å². The Bertz CT molecular complexity index is 335. The number of hydrogen-bond donors (Lipinski definition) is 0. The van der Waals surface area contributed by atoms with E-state index < -0.39 is 0 Å². The molecule has 0 spiro atoms. The molecule has 0 saturated heterocycles. The summed E-state index contributed by atoms with van der Waals surface area (Å²) in [5.74, 6) is 0.840. The van der Waals surface area contributed by atoms with Crippen molar-refractivity contribution < 1.29 is 4.74 Å². The highest BCUT2D eigenvalue weighted by Gasteiger charge is 2.00. The van der Waals surface area contributed by atoms with Crippen molar-refractivity contribution in [1.82, 2.24) is 0 Å². The molecule has 1 aliphatic rings. The molecule has 2 nitrogen and oxygen atoms in total. The predicted molar refractivity (Wildman–Crippen MR) is 112 cm³/mol. The summed E-state index contributed by atoms with van der Waals surface area (Å²) in [7, 11) is 0. The largest absolute Gasteiger partial charge is 0.478 e. The third kappa shape index (κ3) is 15.2. The van der Waals surface area contributed by atoms with E-state index in [0.717, 1.165) is 25.5 Å². The smallest absolute Gasteiger partial charge is 0.208 e. The van der Waals surface area contributed by atoms with Crippen LogP contribution in [0.15, 0.2) is 17.1 Å². The Labute approximate surface area is 157 Å². The minimum Gasteiger partial charge on any atom is -0.478 e. The highest BCUT2D eigenvalue weighted by atomic mass is 16.5. The summed E-state index contributed by atoms with van der Waals surface area (Å²) >= 11 is 0. The highest BCUT2D eigenvalue weighted by molar-refractivity contribution is 5.87. The molecular weight excluding hydrogens is 306 g/mol. The first kappa shape index (κ1) is 22.3. The van der Waals surface area contributed by atoms with Gasteiger partial charge in [0.05, 0.1) is 6.61 Å². The van der Waals surface area contributed by atoms with Crippen LogP contribution in [0.5, 0.6) is 0 Å². The minimum absolute atomic E-state index is 0.835. The first-order valence-corrected chi connectivity index (χ1v) is 11.3. The number of aliphatic imine (C=N–C) groups is 1. The fourth-order valence-corrected chi connectivity index (χ4v) is 3.39. The van der Waals surface area contributed by atoms with Crippen molar-refractivity contribution in [3.05, 3.63) is 12.2 Å². The lowest BCUT2D eigenvalue weighted by molar-refractivity contribution is 0.285. The summed E-state index contributed by atoms with van der Waals surface area (Å²) in [4.78, 5) is 4.35. The van der Waals surface area contributed by atoms with Gasteiger partial charge in [-0.05, 0) is 18.9 Å². The van der Waals surface area contributed by atoms with E-state index in [0.29, 0.717) is 0 Å². The monoisotopic (exact) mass is 349 g/mol. The molecule has 0 N–H and O–H groups in total. The lowest BCUT2D eigenvalue weighted by atomic mass is 10.0. The number of nitrogens with zero attached hydrogens (tertiary/aromatic N) is 1. The second kappa shape index (κ2) is 18.0. The van der Waals surface area contributed by atoms with E-state index in [2.05, 4.69) is 24.1 Å². The Morgan fingerprint density at radius 1 is 0.760 bits per heavy atom. The zero-order valence-corrected chi connectivity index (χ0v) is 16.9. The molecule has 0 aromatic carbocycles. The molecule has 1 rings (SSSR count). The summed E-state index contributed by atoms with van der Waals surface area (Å²) in [6.07, 6.45) is 28.0. The van der Waals surface area contributed by atoms with Crippen LogP contribution >= 0.6 is 0 Å². The molecule has 0 aromatic rings. The second-order valence-corrected chi connectivity index (χ2v) is 7.56. The van der Waals surface area contributed by atoms with Gasteiger partial charge in [0, 0.05) is 13.0 Å². The molecule has 0 saturated carbocycles. The van der Waals surface area contributed by atoms with Crippen molar-refractivity contribution in [3.8, 4) is 0 Å². The van der Waals surface area contributed by atoms with Gasteiger partial charge >= 0.3 is 0 Å². The average Bonchev–Trinajstić information content (AvgIpc) is 2.65. The van der Waals surface area contributed by atoms with Gasteiger partial charge in [0.15, 0.2) is 0 Å². The molecule has 0 unspecified atom stereocenters. The third-order valence-corrected chi connectivity index (χ3v) is 5.05. The van der Waals surface area contributed by atoms with E-state index in [1.165, 1.54) is 103 Å². The normalized spacial score (nSPS) is 14.7. The van der Waals surface area contributed by atoms with Crippen LogP contribution in [0.3, 0.4) is 0 Å². The molecule has 0 radical (unpaired) electrons. The maximum atomic E-state index is 5.47. The third-order valence-electron chi connectivity index (χ3n) is 5.05. The van der Waals surface area contributed by atoms with Crippen LogP contribution in [0, 0.1) is 0 Å². The van der Waals surface area contributed by atoms with Gasteiger partial charge in [-0.1, -0.05) is 103 Å². The molecule has 1 heterocycles. The van der Waals surface area contributed by atoms with Crippen LogP contribution in [0.25, 0.3) is 0 Å². The van der Waals surface area contributed by atoms with Crippen molar-refractivity contribution in [2.75, 3.05) is 13.2 Å². The van der Waals surface area contributed by atoms with E-state index in [1.54, 1.807) is 0 Å². The first-order valence-electron chi connectivity index (χ1n) is 11.3. The lowest BCUT2D eigenvalue weighted by Crippen LogP contribution is -2.10. The number of allylic oxidation sites excluding steroid dienone is 1. The topological polar surface area (TPSA) is 21.6 Å². The van der Waals surface area contributed by atoms with Gasteiger partial charge in [-0.2, -0.15) is 0 Å². The predicted octanol–water partition coefficient (Wildman–Crippen LogP) is 7.62. The second-order valence-electron chi connectivity index (χ2n) is 7.56. The fourth-order valence-electron chi connectivity index (χ4n) is 3.39. The Hall–Kier alpha value is -0.790. The number of hydrogen-bond acceptors (Lipinski definition) is 2. The first-order chi connectivity index (χ1) is 12.4. The van der Waals surface area contributed by atoms with Crippen LogP contribution in [-0.2, 0) is 4.74 Å². The lowest BCUT2D eigenvalue weighted by Gasteiger charge is -2.09. The van der Waals surface area contributed by atoms with Crippen LogP contribution in [-0.4, -0.2) is 19.0 Å². The molecule has 0 bridgehead atoms. The molecule has 1 aliphatic heterocycles. The zero-order chi connectivity index (χ0) is 17.8. The maximum Gasteiger partial charge on any atom is 0.208 e.